The van der Waals surface area contributed by atoms with Crippen molar-refractivity contribution in [3.05, 3.63) is 36.9 Å². The Bertz CT molecular complexity index is 766. The van der Waals surface area contributed by atoms with E-state index in [0.717, 1.165) is 12.8 Å². The summed E-state index contributed by atoms with van der Waals surface area (Å²) in [5.74, 6) is -0.0373. The highest BCUT2D eigenvalue weighted by atomic mass is 16.2. The second kappa shape index (κ2) is 11.4. The Balaban J connectivity index is 1.41. The third kappa shape index (κ3) is 7.01. The molecular formula is C23H33N5O3. The average Bonchev–Trinajstić information content (AvgIpc) is 2.79. The first-order valence-electron chi connectivity index (χ1n) is 11.2. The minimum atomic E-state index is -0.191. The van der Waals surface area contributed by atoms with Gasteiger partial charge in [-0.25, -0.2) is 9.59 Å². The second-order valence-electron chi connectivity index (χ2n) is 8.24. The number of amides is 5. The molecule has 0 bridgehead atoms. The molecule has 1 aliphatic carbocycles. The lowest BCUT2D eigenvalue weighted by Gasteiger charge is -2.31. The maximum Gasteiger partial charge on any atom is 0.321 e. The van der Waals surface area contributed by atoms with E-state index in [0.29, 0.717) is 43.9 Å². The van der Waals surface area contributed by atoms with Crippen LogP contribution in [0.15, 0.2) is 36.9 Å². The molecule has 1 aromatic rings. The van der Waals surface area contributed by atoms with Crippen molar-refractivity contribution >= 4 is 29.3 Å². The molecule has 1 aromatic carbocycles. The molecule has 0 radical (unpaired) electrons. The quantitative estimate of drug-likeness (QED) is 0.521. The molecule has 1 aliphatic heterocycles. The van der Waals surface area contributed by atoms with Gasteiger partial charge in [0.25, 0.3) is 0 Å². The molecular weight excluding hydrogens is 394 g/mol. The van der Waals surface area contributed by atoms with Crippen molar-refractivity contribution in [2.45, 2.75) is 51.0 Å². The topological polar surface area (TPSA) is 103 Å². The number of urea groups is 2. The van der Waals surface area contributed by atoms with E-state index < -0.39 is 0 Å². The molecule has 2 fully saturated rings. The molecule has 0 spiro atoms. The van der Waals surface area contributed by atoms with Crippen LogP contribution in [0.5, 0.6) is 0 Å². The summed E-state index contributed by atoms with van der Waals surface area (Å²) in [6.45, 7) is 5.14. The van der Waals surface area contributed by atoms with E-state index in [-0.39, 0.29) is 29.9 Å². The maximum absolute atomic E-state index is 12.5. The predicted molar refractivity (Wildman–Crippen MR) is 122 cm³/mol. The smallest absolute Gasteiger partial charge is 0.321 e. The van der Waals surface area contributed by atoms with Crippen LogP contribution in [0.1, 0.15) is 44.9 Å². The largest absolute Gasteiger partial charge is 0.352 e. The Kier molecular flexibility index (Phi) is 8.32. The number of benzene rings is 1. The van der Waals surface area contributed by atoms with Crippen LogP contribution in [0.25, 0.3) is 0 Å². The molecule has 2 aliphatic rings. The van der Waals surface area contributed by atoms with Crippen LogP contribution in [0, 0.1) is 5.92 Å². The summed E-state index contributed by atoms with van der Waals surface area (Å²) in [7, 11) is 0. The van der Waals surface area contributed by atoms with E-state index >= 15 is 0 Å². The maximum atomic E-state index is 12.5. The van der Waals surface area contributed by atoms with E-state index in [9.17, 15) is 14.4 Å². The molecule has 5 amide bonds. The van der Waals surface area contributed by atoms with Crippen molar-refractivity contribution in [3.8, 4) is 0 Å². The van der Waals surface area contributed by atoms with Crippen molar-refractivity contribution in [2.75, 3.05) is 30.3 Å². The van der Waals surface area contributed by atoms with Gasteiger partial charge < -0.3 is 26.2 Å². The third-order valence-electron chi connectivity index (χ3n) is 5.91. The molecule has 0 unspecified atom stereocenters. The van der Waals surface area contributed by atoms with Gasteiger partial charge in [0, 0.05) is 43.0 Å². The Morgan fingerprint density at radius 1 is 0.935 bits per heavy atom. The van der Waals surface area contributed by atoms with Gasteiger partial charge in [0.1, 0.15) is 0 Å². The fourth-order valence-electron chi connectivity index (χ4n) is 4.10. The first-order chi connectivity index (χ1) is 15.0. The number of rotatable bonds is 6. The highest BCUT2D eigenvalue weighted by molar-refractivity contribution is 5.92. The van der Waals surface area contributed by atoms with Crippen LogP contribution in [-0.4, -0.2) is 48.5 Å². The number of nitrogens with one attached hydrogen (secondary N) is 4. The van der Waals surface area contributed by atoms with Gasteiger partial charge in [-0.1, -0.05) is 25.3 Å². The van der Waals surface area contributed by atoms with Crippen molar-refractivity contribution < 1.29 is 14.4 Å². The zero-order chi connectivity index (χ0) is 22.1. The molecule has 1 heterocycles. The summed E-state index contributed by atoms with van der Waals surface area (Å²) in [4.78, 5) is 38.4. The molecule has 31 heavy (non-hydrogen) atoms. The van der Waals surface area contributed by atoms with E-state index in [2.05, 4.69) is 27.8 Å². The van der Waals surface area contributed by atoms with Crippen LogP contribution in [-0.2, 0) is 4.79 Å². The van der Waals surface area contributed by atoms with Gasteiger partial charge in [0.15, 0.2) is 0 Å². The molecule has 8 nitrogen and oxygen atoms in total. The number of likely N-dealkylation sites (tertiary alicyclic amines) is 1. The molecule has 0 atom stereocenters. The van der Waals surface area contributed by atoms with Crippen molar-refractivity contribution in [3.63, 3.8) is 0 Å². The molecule has 4 N–H and O–H groups in total. The standard InChI is InChI=1S/C23H33N5O3/c1-2-14-24-21(29)17-12-15-28(16-13-17)23(31)27-20-10-8-19(9-11-20)26-22(30)25-18-6-4-3-5-7-18/h2,8-11,17-18H,1,3-7,12-16H2,(H,24,29)(H,27,31)(H2,25,26,30). The van der Waals surface area contributed by atoms with E-state index in [1.807, 2.05) is 0 Å². The predicted octanol–water partition coefficient (Wildman–Crippen LogP) is 3.69. The molecule has 1 saturated heterocycles. The monoisotopic (exact) mass is 427 g/mol. The highest BCUT2D eigenvalue weighted by Gasteiger charge is 2.27. The minimum absolute atomic E-state index is 0.0237. The molecule has 0 aromatic heterocycles. The Labute approximate surface area is 183 Å². The molecule has 8 heteroatoms. The highest BCUT2D eigenvalue weighted by Crippen LogP contribution is 2.20. The summed E-state index contributed by atoms with van der Waals surface area (Å²) < 4.78 is 0. The fourth-order valence-corrected chi connectivity index (χ4v) is 4.10. The van der Waals surface area contributed by atoms with E-state index in [4.69, 9.17) is 0 Å². The summed E-state index contributed by atoms with van der Waals surface area (Å²) in [5.41, 5.74) is 1.34. The van der Waals surface area contributed by atoms with Gasteiger partial charge in [-0.3, -0.25) is 4.79 Å². The number of carbonyl (C=O) groups excluding carboxylic acids is 3. The van der Waals surface area contributed by atoms with Gasteiger partial charge in [-0.15, -0.1) is 6.58 Å². The number of anilines is 2. The Morgan fingerprint density at radius 3 is 2.16 bits per heavy atom. The lowest BCUT2D eigenvalue weighted by atomic mass is 9.96. The number of hydrogen-bond acceptors (Lipinski definition) is 3. The van der Waals surface area contributed by atoms with Crippen LogP contribution in [0.2, 0.25) is 0 Å². The number of piperidine rings is 1. The SMILES string of the molecule is C=CCNC(=O)C1CCN(C(=O)Nc2ccc(NC(=O)NC3CCCCC3)cc2)CC1. The zero-order valence-corrected chi connectivity index (χ0v) is 18.0. The lowest BCUT2D eigenvalue weighted by Crippen LogP contribution is -2.44. The Morgan fingerprint density at radius 2 is 1.55 bits per heavy atom. The Hall–Kier alpha value is -3.03. The van der Waals surface area contributed by atoms with Crippen LogP contribution in [0.3, 0.4) is 0 Å². The normalized spacial score (nSPS) is 17.5. The summed E-state index contributed by atoms with van der Waals surface area (Å²) in [6, 6.07) is 6.96. The van der Waals surface area contributed by atoms with Gasteiger partial charge >= 0.3 is 12.1 Å². The van der Waals surface area contributed by atoms with Crippen molar-refractivity contribution in [1.82, 2.24) is 15.5 Å². The van der Waals surface area contributed by atoms with Crippen LogP contribution >= 0.6 is 0 Å². The number of nitrogens with zero attached hydrogens (tertiary/aromatic N) is 1. The van der Waals surface area contributed by atoms with Gasteiger partial charge in [-0.05, 0) is 49.9 Å². The average molecular weight is 428 g/mol. The first kappa shape index (κ1) is 22.7. The second-order valence-corrected chi connectivity index (χ2v) is 8.24. The zero-order valence-electron chi connectivity index (χ0n) is 18.0. The van der Waals surface area contributed by atoms with E-state index in [1.54, 1.807) is 35.2 Å². The first-order valence-corrected chi connectivity index (χ1v) is 11.2. The number of carbonyl (C=O) groups is 3. The van der Waals surface area contributed by atoms with Gasteiger partial charge in [0.05, 0.1) is 0 Å². The van der Waals surface area contributed by atoms with Gasteiger partial charge in [0.2, 0.25) is 5.91 Å². The lowest BCUT2D eigenvalue weighted by molar-refractivity contribution is -0.126. The van der Waals surface area contributed by atoms with Gasteiger partial charge in [-0.2, -0.15) is 0 Å². The van der Waals surface area contributed by atoms with Crippen molar-refractivity contribution in [1.29, 1.82) is 0 Å². The van der Waals surface area contributed by atoms with E-state index in [1.165, 1.54) is 19.3 Å². The molecule has 1 saturated carbocycles. The minimum Gasteiger partial charge on any atom is -0.352 e. The van der Waals surface area contributed by atoms with Crippen molar-refractivity contribution in [2.24, 2.45) is 5.92 Å². The summed E-state index contributed by atoms with van der Waals surface area (Å²) in [5, 5.41) is 11.6. The summed E-state index contributed by atoms with van der Waals surface area (Å²) >= 11 is 0. The summed E-state index contributed by atoms with van der Waals surface area (Å²) in [6.07, 6.45) is 8.61. The fraction of sp³-hybridized carbons (Fsp3) is 0.522. The third-order valence-corrected chi connectivity index (χ3v) is 5.91. The number of hydrogen-bond donors (Lipinski definition) is 4. The molecule has 3 rings (SSSR count). The molecule has 168 valence electrons. The van der Waals surface area contributed by atoms with Crippen LogP contribution < -0.4 is 21.3 Å². The van der Waals surface area contributed by atoms with Crippen LogP contribution in [0.4, 0.5) is 21.0 Å².